The number of benzene rings is 1. The second-order valence-corrected chi connectivity index (χ2v) is 5.11. The van der Waals surface area contributed by atoms with E-state index in [4.69, 9.17) is 16.3 Å². The van der Waals surface area contributed by atoms with Gasteiger partial charge < -0.3 is 4.74 Å². The van der Waals surface area contributed by atoms with E-state index in [2.05, 4.69) is 4.98 Å². The van der Waals surface area contributed by atoms with Crippen LogP contribution in [0.5, 0.6) is 5.75 Å². The summed E-state index contributed by atoms with van der Waals surface area (Å²) < 4.78 is 5.13. The molecule has 2 rings (SSSR count). The second kappa shape index (κ2) is 4.44. The van der Waals surface area contributed by atoms with Crippen molar-refractivity contribution in [2.75, 3.05) is 7.11 Å². The summed E-state index contributed by atoms with van der Waals surface area (Å²) >= 11 is 7.78. The molecule has 1 aromatic carbocycles. The topological polar surface area (TPSA) is 22.1 Å². The number of halogens is 1. The van der Waals surface area contributed by atoms with Crippen molar-refractivity contribution in [3.05, 3.63) is 33.9 Å². The molecule has 2 aromatic rings. The minimum atomic E-state index is 0.630. The summed E-state index contributed by atoms with van der Waals surface area (Å²) in [6.45, 7) is 4.02. The molecule has 0 aliphatic heterocycles. The minimum absolute atomic E-state index is 0.630. The first-order valence-electron chi connectivity index (χ1n) is 4.89. The summed E-state index contributed by atoms with van der Waals surface area (Å²) in [5.74, 6) is 0.698. The van der Waals surface area contributed by atoms with Crippen molar-refractivity contribution in [3.63, 3.8) is 0 Å². The van der Waals surface area contributed by atoms with Crippen molar-refractivity contribution < 1.29 is 4.74 Å². The van der Waals surface area contributed by atoms with Crippen molar-refractivity contribution in [3.8, 4) is 16.2 Å². The standard InChI is InChI=1S/C12H12ClNOS/c1-7-12(16-8(2)14-7)9-4-5-11(15-3)10(13)6-9/h4-6H,1-3H3. The predicted molar refractivity (Wildman–Crippen MR) is 68.6 cm³/mol. The van der Waals surface area contributed by atoms with Crippen LogP contribution in [0.1, 0.15) is 10.7 Å². The first-order chi connectivity index (χ1) is 7.61. The van der Waals surface area contributed by atoms with Crippen LogP contribution in [0.15, 0.2) is 18.2 Å². The fraction of sp³-hybridized carbons (Fsp3) is 0.250. The molecule has 0 unspecified atom stereocenters. The first-order valence-corrected chi connectivity index (χ1v) is 6.09. The molecule has 1 aromatic heterocycles. The normalized spacial score (nSPS) is 10.5. The maximum absolute atomic E-state index is 6.10. The van der Waals surface area contributed by atoms with Crippen LogP contribution in [0.4, 0.5) is 0 Å². The molecule has 0 aliphatic carbocycles. The summed E-state index contributed by atoms with van der Waals surface area (Å²) in [4.78, 5) is 5.57. The molecule has 1 heterocycles. The van der Waals surface area contributed by atoms with E-state index < -0.39 is 0 Å². The van der Waals surface area contributed by atoms with Crippen LogP contribution < -0.4 is 4.74 Å². The number of ether oxygens (including phenoxy) is 1. The zero-order valence-electron chi connectivity index (χ0n) is 9.37. The Hall–Kier alpha value is -1.06. The number of hydrogen-bond acceptors (Lipinski definition) is 3. The van der Waals surface area contributed by atoms with Gasteiger partial charge in [-0.15, -0.1) is 11.3 Å². The quantitative estimate of drug-likeness (QED) is 0.804. The molecule has 0 bridgehead atoms. The predicted octanol–water partition coefficient (Wildman–Crippen LogP) is 4.09. The fourth-order valence-electron chi connectivity index (χ4n) is 1.61. The molecule has 84 valence electrons. The van der Waals surface area contributed by atoms with Crippen LogP contribution >= 0.6 is 22.9 Å². The summed E-state index contributed by atoms with van der Waals surface area (Å²) in [5.41, 5.74) is 2.14. The lowest BCUT2D eigenvalue weighted by molar-refractivity contribution is 0.415. The van der Waals surface area contributed by atoms with E-state index in [1.165, 1.54) is 4.88 Å². The lowest BCUT2D eigenvalue weighted by Crippen LogP contribution is -1.85. The zero-order valence-corrected chi connectivity index (χ0v) is 10.9. The molecule has 0 N–H and O–H groups in total. The molecule has 0 aliphatic rings. The highest BCUT2D eigenvalue weighted by molar-refractivity contribution is 7.15. The summed E-state index contributed by atoms with van der Waals surface area (Å²) in [6, 6.07) is 5.80. The van der Waals surface area contributed by atoms with Gasteiger partial charge in [0.2, 0.25) is 0 Å². The molecule has 0 saturated heterocycles. The van der Waals surface area contributed by atoms with Gasteiger partial charge in [0, 0.05) is 0 Å². The molecule has 2 nitrogen and oxygen atoms in total. The number of nitrogens with zero attached hydrogens (tertiary/aromatic N) is 1. The highest BCUT2D eigenvalue weighted by Gasteiger charge is 2.09. The van der Waals surface area contributed by atoms with Crippen molar-refractivity contribution in [2.24, 2.45) is 0 Å². The van der Waals surface area contributed by atoms with Crippen LogP contribution in [-0.4, -0.2) is 12.1 Å². The van der Waals surface area contributed by atoms with Gasteiger partial charge in [0.1, 0.15) is 5.75 Å². The molecule has 0 fully saturated rings. The van der Waals surface area contributed by atoms with E-state index in [0.29, 0.717) is 10.8 Å². The third kappa shape index (κ3) is 2.06. The van der Waals surface area contributed by atoms with E-state index in [9.17, 15) is 0 Å². The number of aryl methyl sites for hydroxylation is 2. The largest absolute Gasteiger partial charge is 0.495 e. The highest BCUT2D eigenvalue weighted by Crippen LogP contribution is 2.34. The molecule has 0 saturated carbocycles. The lowest BCUT2D eigenvalue weighted by atomic mass is 10.1. The maximum Gasteiger partial charge on any atom is 0.137 e. The highest BCUT2D eigenvalue weighted by atomic mass is 35.5. The summed E-state index contributed by atoms with van der Waals surface area (Å²) in [7, 11) is 1.61. The molecular formula is C12H12ClNOS. The number of aromatic nitrogens is 1. The van der Waals surface area contributed by atoms with Gasteiger partial charge in [0.25, 0.3) is 0 Å². The average molecular weight is 254 g/mol. The molecule has 16 heavy (non-hydrogen) atoms. The van der Waals surface area contributed by atoms with Gasteiger partial charge in [0.05, 0.1) is 27.7 Å². The lowest BCUT2D eigenvalue weighted by Gasteiger charge is -2.04. The van der Waals surface area contributed by atoms with Gasteiger partial charge in [-0.05, 0) is 37.6 Å². The third-order valence-corrected chi connectivity index (χ3v) is 3.73. The monoisotopic (exact) mass is 253 g/mol. The zero-order chi connectivity index (χ0) is 11.7. The third-order valence-electron chi connectivity index (χ3n) is 2.32. The minimum Gasteiger partial charge on any atom is -0.495 e. The molecule has 0 atom stereocenters. The van der Waals surface area contributed by atoms with Crippen LogP contribution in [0.2, 0.25) is 5.02 Å². The Kier molecular flexibility index (Phi) is 3.17. The van der Waals surface area contributed by atoms with Crippen LogP contribution in [0.3, 0.4) is 0 Å². The van der Waals surface area contributed by atoms with Crippen LogP contribution in [0.25, 0.3) is 10.4 Å². The van der Waals surface area contributed by atoms with E-state index >= 15 is 0 Å². The average Bonchev–Trinajstić information content (AvgIpc) is 2.58. The smallest absolute Gasteiger partial charge is 0.137 e. The van der Waals surface area contributed by atoms with Gasteiger partial charge in [-0.25, -0.2) is 4.98 Å². The Bertz CT molecular complexity index is 522. The number of hydrogen-bond donors (Lipinski definition) is 0. The number of rotatable bonds is 2. The van der Waals surface area contributed by atoms with Crippen molar-refractivity contribution in [1.82, 2.24) is 4.98 Å². The van der Waals surface area contributed by atoms with Gasteiger partial charge in [-0.1, -0.05) is 11.6 Å². The van der Waals surface area contributed by atoms with E-state index in [-0.39, 0.29) is 0 Å². The van der Waals surface area contributed by atoms with Crippen molar-refractivity contribution >= 4 is 22.9 Å². The molecule has 0 spiro atoms. The summed E-state index contributed by atoms with van der Waals surface area (Å²) in [5, 5.41) is 1.70. The molecule has 0 radical (unpaired) electrons. The van der Waals surface area contributed by atoms with E-state index in [1.807, 2.05) is 32.0 Å². The first kappa shape index (κ1) is 11.4. The van der Waals surface area contributed by atoms with Crippen molar-refractivity contribution in [1.29, 1.82) is 0 Å². The van der Waals surface area contributed by atoms with Crippen molar-refractivity contribution in [2.45, 2.75) is 13.8 Å². The maximum atomic E-state index is 6.10. The Labute approximate surface area is 104 Å². The Balaban J connectivity index is 2.49. The van der Waals surface area contributed by atoms with Crippen LogP contribution in [-0.2, 0) is 0 Å². The van der Waals surface area contributed by atoms with E-state index in [1.54, 1.807) is 18.4 Å². The Morgan fingerprint density at radius 3 is 2.56 bits per heavy atom. The van der Waals surface area contributed by atoms with Gasteiger partial charge in [-0.2, -0.15) is 0 Å². The van der Waals surface area contributed by atoms with Gasteiger partial charge in [0.15, 0.2) is 0 Å². The van der Waals surface area contributed by atoms with Gasteiger partial charge >= 0.3 is 0 Å². The van der Waals surface area contributed by atoms with Crippen LogP contribution in [0, 0.1) is 13.8 Å². The summed E-state index contributed by atoms with van der Waals surface area (Å²) in [6.07, 6.45) is 0. The molecular weight excluding hydrogens is 242 g/mol. The van der Waals surface area contributed by atoms with Gasteiger partial charge in [-0.3, -0.25) is 0 Å². The Morgan fingerprint density at radius 1 is 1.31 bits per heavy atom. The molecule has 4 heteroatoms. The second-order valence-electron chi connectivity index (χ2n) is 3.50. The van der Waals surface area contributed by atoms with E-state index in [0.717, 1.165) is 16.3 Å². The Morgan fingerprint density at radius 2 is 2.06 bits per heavy atom. The fourth-order valence-corrected chi connectivity index (χ4v) is 2.78. The number of methoxy groups -OCH3 is 1. The number of thiazole rings is 1. The molecule has 0 amide bonds. The SMILES string of the molecule is COc1ccc(-c2sc(C)nc2C)cc1Cl.